The van der Waals surface area contributed by atoms with Crippen LogP contribution in [0.1, 0.15) is 19.2 Å². The smallest absolute Gasteiger partial charge is 0.310 e. The lowest BCUT2D eigenvalue weighted by atomic mass is 10.5. The van der Waals surface area contributed by atoms with Crippen LogP contribution in [0.15, 0.2) is 31.8 Å². The summed E-state index contributed by atoms with van der Waals surface area (Å²) >= 11 is 0. The van der Waals surface area contributed by atoms with Crippen LogP contribution in [0.2, 0.25) is 0 Å². The van der Waals surface area contributed by atoms with E-state index in [9.17, 15) is 4.79 Å². The first-order chi connectivity index (χ1) is 6.74. The van der Waals surface area contributed by atoms with Crippen molar-refractivity contribution in [1.29, 1.82) is 0 Å². The lowest BCUT2D eigenvalue weighted by Gasteiger charge is -1.88. The third kappa shape index (κ3) is 5.77. The zero-order valence-electron chi connectivity index (χ0n) is 8.19. The van der Waals surface area contributed by atoms with Crippen LogP contribution in [-0.2, 0) is 9.53 Å². The van der Waals surface area contributed by atoms with Crippen molar-refractivity contribution < 1.29 is 9.53 Å². The van der Waals surface area contributed by atoms with Gasteiger partial charge in [0.1, 0.15) is 5.82 Å². The van der Waals surface area contributed by atoms with Gasteiger partial charge in [0, 0.05) is 18.8 Å². The molecule has 14 heavy (non-hydrogen) atoms. The second-order valence-electron chi connectivity index (χ2n) is 2.19. The van der Waals surface area contributed by atoms with Gasteiger partial charge >= 0.3 is 5.97 Å². The Labute approximate surface area is 83.3 Å². The number of H-pyrrole nitrogens is 1. The molecule has 4 heteroatoms. The van der Waals surface area contributed by atoms with Gasteiger partial charge in [0.2, 0.25) is 0 Å². The van der Waals surface area contributed by atoms with Crippen LogP contribution in [0.3, 0.4) is 0 Å². The average molecular weight is 194 g/mol. The molecule has 1 rings (SSSR count). The minimum atomic E-state index is -0.241. The lowest BCUT2D eigenvalue weighted by Crippen LogP contribution is -1.94. The fraction of sp³-hybridized carbons (Fsp3) is 0.200. The van der Waals surface area contributed by atoms with Crippen LogP contribution in [0.25, 0.3) is 6.08 Å². The van der Waals surface area contributed by atoms with E-state index in [-0.39, 0.29) is 5.97 Å². The number of ether oxygens (including phenoxy) is 1. The van der Waals surface area contributed by atoms with E-state index in [0.29, 0.717) is 6.42 Å². The Morgan fingerprint density at radius 1 is 1.71 bits per heavy atom. The second-order valence-corrected chi connectivity index (χ2v) is 2.19. The first kappa shape index (κ1) is 12.2. The summed E-state index contributed by atoms with van der Waals surface area (Å²) < 4.78 is 4.32. The highest BCUT2D eigenvalue weighted by atomic mass is 16.5. The van der Waals surface area contributed by atoms with Crippen molar-refractivity contribution >= 4 is 12.0 Å². The van der Waals surface area contributed by atoms with E-state index >= 15 is 0 Å². The molecule has 0 saturated heterocycles. The van der Waals surface area contributed by atoms with Crippen LogP contribution >= 0.6 is 0 Å². The number of hydrogen-bond acceptors (Lipinski definition) is 3. The SMILES string of the molecule is C=COC(=O)CC.C=Cc1ncc[nH]1. The highest BCUT2D eigenvalue weighted by Crippen LogP contribution is 1.86. The molecule has 0 spiro atoms. The molecule has 0 atom stereocenters. The molecule has 0 aromatic carbocycles. The van der Waals surface area contributed by atoms with E-state index in [4.69, 9.17) is 0 Å². The number of carbonyl (C=O) groups is 1. The fourth-order valence-corrected chi connectivity index (χ4v) is 0.565. The molecule has 0 unspecified atom stereocenters. The Kier molecular flexibility index (Phi) is 6.77. The van der Waals surface area contributed by atoms with Crippen molar-refractivity contribution in [1.82, 2.24) is 9.97 Å². The highest BCUT2D eigenvalue weighted by Gasteiger charge is 1.89. The van der Waals surface area contributed by atoms with Gasteiger partial charge in [-0.05, 0) is 6.08 Å². The summed E-state index contributed by atoms with van der Waals surface area (Å²) in [6.07, 6.45) is 6.66. The van der Waals surface area contributed by atoms with Gasteiger partial charge in [-0.2, -0.15) is 0 Å². The molecule has 0 aliphatic carbocycles. The predicted octanol–water partition coefficient (Wildman–Crippen LogP) is 2.14. The summed E-state index contributed by atoms with van der Waals surface area (Å²) in [5.74, 6) is 0.579. The Morgan fingerprint density at radius 2 is 2.43 bits per heavy atom. The Balaban J connectivity index is 0.000000241. The summed E-state index contributed by atoms with van der Waals surface area (Å²) in [6.45, 7) is 8.44. The van der Waals surface area contributed by atoms with Crippen LogP contribution in [-0.4, -0.2) is 15.9 Å². The normalized spacial score (nSPS) is 8.07. The topological polar surface area (TPSA) is 55.0 Å². The molecule has 0 amide bonds. The van der Waals surface area contributed by atoms with Crippen LogP contribution in [0, 0.1) is 0 Å². The van der Waals surface area contributed by atoms with Gasteiger partial charge in [0.25, 0.3) is 0 Å². The summed E-state index contributed by atoms with van der Waals surface area (Å²) in [6, 6.07) is 0. The molecule has 0 aliphatic rings. The Hall–Kier alpha value is -1.84. The third-order valence-electron chi connectivity index (χ3n) is 1.22. The monoisotopic (exact) mass is 194 g/mol. The first-order valence-electron chi connectivity index (χ1n) is 4.16. The van der Waals surface area contributed by atoms with Gasteiger partial charge in [0.05, 0.1) is 6.26 Å². The molecule has 76 valence electrons. The molecule has 0 bridgehead atoms. The summed E-state index contributed by atoms with van der Waals surface area (Å²) in [7, 11) is 0. The first-order valence-corrected chi connectivity index (χ1v) is 4.16. The number of carbonyl (C=O) groups excluding carboxylic acids is 1. The number of nitrogens with zero attached hydrogens (tertiary/aromatic N) is 1. The average Bonchev–Trinajstić information content (AvgIpc) is 2.71. The van der Waals surface area contributed by atoms with Gasteiger partial charge in [0.15, 0.2) is 0 Å². The van der Waals surface area contributed by atoms with Crippen LogP contribution in [0.5, 0.6) is 0 Å². The van der Waals surface area contributed by atoms with Crippen molar-refractivity contribution in [2.75, 3.05) is 0 Å². The molecule has 1 aromatic heterocycles. The van der Waals surface area contributed by atoms with Crippen molar-refractivity contribution in [2.24, 2.45) is 0 Å². The summed E-state index contributed by atoms with van der Waals surface area (Å²) in [5.41, 5.74) is 0. The van der Waals surface area contributed by atoms with Gasteiger partial charge in [-0.15, -0.1) is 0 Å². The largest absolute Gasteiger partial charge is 0.435 e. The lowest BCUT2D eigenvalue weighted by molar-refractivity contribution is -0.137. The number of rotatable bonds is 3. The van der Waals surface area contributed by atoms with Crippen molar-refractivity contribution in [2.45, 2.75) is 13.3 Å². The molecule has 0 fully saturated rings. The van der Waals surface area contributed by atoms with Gasteiger partial charge < -0.3 is 9.72 Å². The maximum absolute atomic E-state index is 10.1. The van der Waals surface area contributed by atoms with E-state index in [1.807, 2.05) is 0 Å². The van der Waals surface area contributed by atoms with Crippen molar-refractivity contribution in [3.05, 3.63) is 37.6 Å². The number of aromatic nitrogens is 2. The van der Waals surface area contributed by atoms with E-state index in [1.54, 1.807) is 25.4 Å². The second kappa shape index (κ2) is 7.79. The molecule has 0 saturated carbocycles. The maximum Gasteiger partial charge on any atom is 0.310 e. The number of nitrogens with one attached hydrogen (secondary N) is 1. The maximum atomic E-state index is 10.1. The molecule has 1 aromatic rings. The summed E-state index contributed by atoms with van der Waals surface area (Å²) in [4.78, 5) is 16.8. The van der Waals surface area contributed by atoms with E-state index < -0.39 is 0 Å². The van der Waals surface area contributed by atoms with Crippen molar-refractivity contribution in [3.63, 3.8) is 0 Å². The van der Waals surface area contributed by atoms with Crippen molar-refractivity contribution in [3.8, 4) is 0 Å². The van der Waals surface area contributed by atoms with Crippen LogP contribution < -0.4 is 0 Å². The minimum Gasteiger partial charge on any atom is -0.435 e. The zero-order chi connectivity index (χ0) is 10.8. The Bertz CT molecular complexity index is 278. The van der Waals surface area contributed by atoms with Gasteiger partial charge in [-0.25, -0.2) is 4.98 Å². The summed E-state index contributed by atoms with van der Waals surface area (Å²) in [5, 5.41) is 0. The van der Waals surface area contributed by atoms with E-state index in [1.165, 1.54) is 0 Å². The predicted molar refractivity (Wildman–Crippen MR) is 55.3 cm³/mol. The van der Waals surface area contributed by atoms with Gasteiger partial charge in [-0.1, -0.05) is 20.1 Å². The minimum absolute atomic E-state index is 0.241. The van der Waals surface area contributed by atoms with Gasteiger partial charge in [-0.3, -0.25) is 4.79 Å². The quantitative estimate of drug-likeness (QED) is 0.592. The highest BCUT2D eigenvalue weighted by molar-refractivity contribution is 5.69. The molecule has 0 radical (unpaired) electrons. The molecular weight excluding hydrogens is 180 g/mol. The number of imidazole rings is 1. The van der Waals surface area contributed by atoms with E-state index in [0.717, 1.165) is 12.1 Å². The molecule has 1 heterocycles. The van der Waals surface area contributed by atoms with Crippen LogP contribution in [0.4, 0.5) is 0 Å². The third-order valence-corrected chi connectivity index (χ3v) is 1.22. The molecular formula is C10H14N2O2. The number of hydrogen-bond donors (Lipinski definition) is 1. The van der Waals surface area contributed by atoms with E-state index in [2.05, 4.69) is 27.9 Å². The Morgan fingerprint density at radius 3 is 2.64 bits per heavy atom. The molecule has 0 aliphatic heterocycles. The number of esters is 1. The zero-order valence-corrected chi connectivity index (χ0v) is 8.19. The molecule has 4 nitrogen and oxygen atoms in total. The number of aromatic amines is 1. The standard InChI is InChI=1S/C5H6N2.C5H8O2/c1-2-5-6-3-4-7-5;1-3-5(6)7-4-2/h2-4H,1H2,(H,6,7);4H,2-3H2,1H3. The molecule has 1 N–H and O–H groups in total. The fourth-order valence-electron chi connectivity index (χ4n) is 0.565.